The van der Waals surface area contributed by atoms with Crippen LogP contribution in [0.2, 0.25) is 0 Å². The summed E-state index contributed by atoms with van der Waals surface area (Å²) in [7, 11) is 1.67. The molecule has 138 valence electrons. The van der Waals surface area contributed by atoms with Crippen LogP contribution in [-0.4, -0.2) is 17.9 Å². The summed E-state index contributed by atoms with van der Waals surface area (Å²) < 4.78 is 6.42. The zero-order valence-corrected chi connectivity index (χ0v) is 16.2. The number of benzene rings is 2. The van der Waals surface area contributed by atoms with E-state index in [1.807, 2.05) is 42.7 Å². The van der Waals surface area contributed by atoms with Crippen molar-refractivity contribution in [1.82, 2.24) is 4.98 Å². The van der Waals surface area contributed by atoms with Crippen molar-refractivity contribution in [2.75, 3.05) is 12.4 Å². The fourth-order valence-corrected chi connectivity index (χ4v) is 4.83. The Balaban J connectivity index is 1.60. The second kappa shape index (κ2) is 6.77. The molecule has 0 atom stereocenters. The molecule has 1 aliphatic carbocycles. The molecule has 2 aromatic heterocycles. The third-order valence-corrected chi connectivity index (χ3v) is 6.33. The van der Waals surface area contributed by atoms with Gasteiger partial charge < -0.3 is 10.1 Å². The molecule has 1 aliphatic rings. The molecule has 0 bridgehead atoms. The number of fused-ring (bicyclic) bond motifs is 2. The Bertz CT molecular complexity index is 1200. The van der Waals surface area contributed by atoms with Crippen molar-refractivity contribution < 1.29 is 9.53 Å². The number of pyridine rings is 1. The van der Waals surface area contributed by atoms with Gasteiger partial charge in [-0.1, -0.05) is 0 Å². The minimum atomic E-state index is 0.243. The smallest absolute Gasteiger partial charge is 0.163 e. The number of hydrogen-bond acceptors (Lipinski definition) is 5. The molecule has 2 aromatic carbocycles. The topological polar surface area (TPSA) is 51.2 Å². The van der Waals surface area contributed by atoms with Gasteiger partial charge >= 0.3 is 0 Å². The number of hydrogen-bond donors (Lipinski definition) is 1. The standard InChI is InChI=1S/C23H18N2O2S/c1-27-17-6-2-14(3-7-17)23-22(19-10-11-24-13-21(19)28-23)25-16-5-8-18-15(12-16)4-9-20(18)26/h2-3,5-8,10-13,25H,4,9H2,1H3. The number of nitrogens with one attached hydrogen (secondary N) is 1. The van der Waals surface area contributed by atoms with E-state index >= 15 is 0 Å². The van der Waals surface area contributed by atoms with Crippen molar-refractivity contribution >= 4 is 38.6 Å². The highest BCUT2D eigenvalue weighted by molar-refractivity contribution is 7.23. The Hall–Kier alpha value is -3.18. The largest absolute Gasteiger partial charge is 0.497 e. The predicted molar refractivity (Wildman–Crippen MR) is 114 cm³/mol. The van der Waals surface area contributed by atoms with Gasteiger partial charge in [0, 0.05) is 35.5 Å². The van der Waals surface area contributed by atoms with E-state index < -0.39 is 0 Å². The molecule has 5 heteroatoms. The lowest BCUT2D eigenvalue weighted by Crippen LogP contribution is -1.95. The molecule has 4 aromatic rings. The number of carbonyl (C=O) groups excluding carboxylic acids is 1. The van der Waals surface area contributed by atoms with Crippen LogP contribution in [0.15, 0.2) is 60.9 Å². The molecule has 0 unspecified atom stereocenters. The molecule has 0 aliphatic heterocycles. The quantitative estimate of drug-likeness (QED) is 0.478. The van der Waals surface area contributed by atoms with Gasteiger partial charge in [-0.2, -0.15) is 0 Å². The van der Waals surface area contributed by atoms with Crippen molar-refractivity contribution in [1.29, 1.82) is 0 Å². The summed E-state index contributed by atoms with van der Waals surface area (Å²) in [5.74, 6) is 1.08. The molecule has 0 spiro atoms. The van der Waals surface area contributed by atoms with Gasteiger partial charge in [-0.15, -0.1) is 11.3 Å². The van der Waals surface area contributed by atoms with Crippen molar-refractivity contribution in [2.45, 2.75) is 12.8 Å². The van der Waals surface area contributed by atoms with Gasteiger partial charge in [0.2, 0.25) is 0 Å². The van der Waals surface area contributed by atoms with E-state index in [0.29, 0.717) is 6.42 Å². The van der Waals surface area contributed by atoms with Crippen LogP contribution in [-0.2, 0) is 6.42 Å². The van der Waals surface area contributed by atoms with E-state index in [-0.39, 0.29) is 5.78 Å². The van der Waals surface area contributed by atoms with Crippen LogP contribution in [0, 0.1) is 0 Å². The highest BCUT2D eigenvalue weighted by Crippen LogP contribution is 2.44. The van der Waals surface area contributed by atoms with E-state index in [4.69, 9.17) is 4.74 Å². The molecular weight excluding hydrogens is 368 g/mol. The molecular formula is C23H18N2O2S. The fraction of sp³-hybridized carbons (Fsp3) is 0.130. The summed E-state index contributed by atoms with van der Waals surface area (Å²) in [6, 6.07) is 16.2. The fourth-order valence-electron chi connectivity index (χ4n) is 3.70. The van der Waals surface area contributed by atoms with Gasteiger partial charge in [0.1, 0.15) is 5.75 Å². The zero-order valence-electron chi connectivity index (χ0n) is 15.4. The van der Waals surface area contributed by atoms with Crippen LogP contribution in [0.25, 0.3) is 20.5 Å². The first-order valence-corrected chi connectivity index (χ1v) is 9.98. The predicted octanol–water partition coefficient (Wildman–Crippen LogP) is 5.84. The summed E-state index contributed by atoms with van der Waals surface area (Å²) in [6.45, 7) is 0. The van der Waals surface area contributed by atoms with Crippen molar-refractivity contribution in [3.05, 3.63) is 72.1 Å². The number of ketones is 1. The number of thiophene rings is 1. The number of nitrogens with zero attached hydrogens (tertiary/aromatic N) is 1. The van der Waals surface area contributed by atoms with Gasteiger partial charge in [-0.25, -0.2) is 0 Å². The van der Waals surface area contributed by atoms with Gasteiger partial charge in [0.25, 0.3) is 0 Å². The molecule has 2 heterocycles. The maximum absolute atomic E-state index is 11.9. The molecule has 0 radical (unpaired) electrons. The SMILES string of the molecule is COc1ccc(-c2sc3cnccc3c2Nc2ccc3c(c2)CCC3=O)cc1. The van der Waals surface area contributed by atoms with E-state index in [9.17, 15) is 4.79 Å². The number of methoxy groups -OCH3 is 1. The first-order chi connectivity index (χ1) is 13.7. The molecule has 4 nitrogen and oxygen atoms in total. The van der Waals surface area contributed by atoms with Crippen LogP contribution >= 0.6 is 11.3 Å². The third-order valence-electron chi connectivity index (χ3n) is 5.14. The van der Waals surface area contributed by atoms with Crippen LogP contribution in [0.4, 0.5) is 11.4 Å². The summed E-state index contributed by atoms with van der Waals surface area (Å²) in [4.78, 5) is 17.4. The average molecular weight is 386 g/mol. The first-order valence-electron chi connectivity index (χ1n) is 9.17. The minimum absolute atomic E-state index is 0.243. The molecule has 0 saturated heterocycles. The Kier molecular flexibility index (Phi) is 4.10. The van der Waals surface area contributed by atoms with E-state index in [1.165, 1.54) is 0 Å². The maximum Gasteiger partial charge on any atom is 0.163 e. The third kappa shape index (κ3) is 2.84. The monoisotopic (exact) mass is 386 g/mol. The second-order valence-corrected chi connectivity index (χ2v) is 7.88. The summed E-state index contributed by atoms with van der Waals surface area (Å²) >= 11 is 1.72. The van der Waals surface area contributed by atoms with Crippen molar-refractivity contribution in [3.63, 3.8) is 0 Å². The highest BCUT2D eigenvalue weighted by Gasteiger charge is 2.20. The first kappa shape index (κ1) is 17.0. The summed E-state index contributed by atoms with van der Waals surface area (Å²) in [6.07, 6.45) is 5.16. The average Bonchev–Trinajstić information content (AvgIpc) is 3.29. The maximum atomic E-state index is 11.9. The molecule has 28 heavy (non-hydrogen) atoms. The van der Waals surface area contributed by atoms with Gasteiger partial charge in [-0.05, 0) is 66.1 Å². The lowest BCUT2D eigenvalue weighted by Gasteiger charge is -2.11. The molecule has 1 N–H and O–H groups in total. The molecule has 0 amide bonds. The lowest BCUT2D eigenvalue weighted by atomic mass is 10.1. The number of carbonyl (C=O) groups is 1. The van der Waals surface area contributed by atoms with E-state index in [2.05, 4.69) is 28.5 Å². The van der Waals surface area contributed by atoms with Crippen molar-refractivity contribution in [2.24, 2.45) is 0 Å². The summed E-state index contributed by atoms with van der Waals surface area (Å²) in [5, 5.41) is 4.75. The number of aryl methyl sites for hydroxylation is 1. The van der Waals surface area contributed by atoms with Crippen LogP contribution in [0.5, 0.6) is 5.75 Å². The molecule has 5 rings (SSSR count). The van der Waals surface area contributed by atoms with Gasteiger partial charge in [0.05, 0.1) is 22.4 Å². The van der Waals surface area contributed by atoms with Crippen molar-refractivity contribution in [3.8, 4) is 16.2 Å². The Labute approximate surface area is 166 Å². The molecule has 0 fully saturated rings. The van der Waals surface area contributed by atoms with E-state index in [0.717, 1.165) is 55.2 Å². The highest BCUT2D eigenvalue weighted by atomic mass is 32.1. The molecule has 0 saturated carbocycles. The van der Waals surface area contributed by atoms with E-state index in [1.54, 1.807) is 18.4 Å². The minimum Gasteiger partial charge on any atom is -0.497 e. The van der Waals surface area contributed by atoms with Gasteiger partial charge in [0.15, 0.2) is 5.78 Å². The number of aromatic nitrogens is 1. The zero-order chi connectivity index (χ0) is 19.1. The second-order valence-electron chi connectivity index (χ2n) is 6.83. The normalized spacial score (nSPS) is 13.0. The number of ether oxygens (including phenoxy) is 1. The Morgan fingerprint density at radius 2 is 1.93 bits per heavy atom. The Morgan fingerprint density at radius 1 is 1.07 bits per heavy atom. The van der Waals surface area contributed by atoms with Crippen LogP contribution < -0.4 is 10.1 Å². The Morgan fingerprint density at radius 3 is 2.75 bits per heavy atom. The number of rotatable bonds is 4. The lowest BCUT2D eigenvalue weighted by molar-refractivity contribution is 0.0994. The van der Waals surface area contributed by atoms with Crippen LogP contribution in [0.1, 0.15) is 22.3 Å². The van der Waals surface area contributed by atoms with Gasteiger partial charge in [-0.3, -0.25) is 9.78 Å². The summed E-state index contributed by atoms with van der Waals surface area (Å²) in [5.41, 5.74) is 5.18. The number of Topliss-reactive ketones (excluding diaryl/α,β-unsaturated/α-hetero) is 1. The number of anilines is 2. The van der Waals surface area contributed by atoms with Crippen LogP contribution in [0.3, 0.4) is 0 Å².